The molecule has 0 aromatic heterocycles. The maximum absolute atomic E-state index is 10.7. The van der Waals surface area contributed by atoms with Gasteiger partial charge in [0.2, 0.25) is 6.08 Å². The molecule has 1 saturated carbocycles. The molecule has 1 aliphatic rings. The number of aromatic hydroxyl groups is 1. The molecule has 0 spiro atoms. The van der Waals surface area contributed by atoms with Gasteiger partial charge in [0, 0.05) is 5.56 Å². The zero-order valence-electron chi connectivity index (χ0n) is 10.3. The van der Waals surface area contributed by atoms with Crippen LogP contribution in [0, 0.1) is 13.8 Å². The molecule has 1 aromatic carbocycles. The monoisotopic (exact) mass is 231 g/mol. The molecule has 90 valence electrons. The van der Waals surface area contributed by atoms with Crippen LogP contribution in [0.2, 0.25) is 0 Å². The standard InChI is InChI=1S/C14H17NO2/c1-10-5-6-12(17)13(11(10)2)14(15-9-16)7-3-4-8-14/h5-6,17H,3-4,7-8H2,1-2H3. The summed E-state index contributed by atoms with van der Waals surface area (Å²) in [7, 11) is 0. The second-order valence-corrected chi connectivity index (χ2v) is 4.84. The Morgan fingerprint density at radius 1 is 1.29 bits per heavy atom. The molecule has 0 heterocycles. The minimum absolute atomic E-state index is 0.244. The van der Waals surface area contributed by atoms with Crippen molar-refractivity contribution >= 4 is 6.08 Å². The first-order valence-corrected chi connectivity index (χ1v) is 5.99. The summed E-state index contributed by atoms with van der Waals surface area (Å²) in [5.74, 6) is 0.244. The first-order valence-electron chi connectivity index (χ1n) is 5.99. The predicted molar refractivity (Wildman–Crippen MR) is 65.8 cm³/mol. The zero-order valence-corrected chi connectivity index (χ0v) is 10.3. The highest BCUT2D eigenvalue weighted by molar-refractivity contribution is 5.50. The number of rotatable bonds is 2. The topological polar surface area (TPSA) is 49.7 Å². The van der Waals surface area contributed by atoms with Gasteiger partial charge in [-0.15, -0.1) is 0 Å². The first-order chi connectivity index (χ1) is 8.10. The van der Waals surface area contributed by atoms with Gasteiger partial charge >= 0.3 is 0 Å². The van der Waals surface area contributed by atoms with Gasteiger partial charge in [-0.2, -0.15) is 4.99 Å². The average Bonchev–Trinajstić information content (AvgIpc) is 2.74. The molecule has 1 aliphatic carbocycles. The van der Waals surface area contributed by atoms with Crippen LogP contribution >= 0.6 is 0 Å². The van der Waals surface area contributed by atoms with Gasteiger partial charge in [0.1, 0.15) is 11.3 Å². The molecule has 0 aliphatic heterocycles. The van der Waals surface area contributed by atoms with E-state index < -0.39 is 5.54 Å². The summed E-state index contributed by atoms with van der Waals surface area (Å²) >= 11 is 0. The summed E-state index contributed by atoms with van der Waals surface area (Å²) in [6, 6.07) is 3.58. The predicted octanol–water partition coefficient (Wildman–Crippen LogP) is 3.11. The molecule has 0 atom stereocenters. The van der Waals surface area contributed by atoms with Crippen molar-refractivity contribution in [3.63, 3.8) is 0 Å². The molecule has 17 heavy (non-hydrogen) atoms. The fraction of sp³-hybridized carbons (Fsp3) is 0.500. The van der Waals surface area contributed by atoms with Crippen molar-refractivity contribution in [2.45, 2.75) is 45.1 Å². The van der Waals surface area contributed by atoms with Crippen LogP contribution < -0.4 is 0 Å². The number of benzene rings is 1. The van der Waals surface area contributed by atoms with Crippen molar-refractivity contribution in [1.29, 1.82) is 0 Å². The number of hydrogen-bond acceptors (Lipinski definition) is 3. The number of phenols is 1. The summed E-state index contributed by atoms with van der Waals surface area (Å²) in [6.45, 7) is 3.98. The fourth-order valence-corrected chi connectivity index (χ4v) is 2.85. The fourth-order valence-electron chi connectivity index (χ4n) is 2.85. The molecule has 0 unspecified atom stereocenters. The van der Waals surface area contributed by atoms with Crippen LogP contribution in [-0.2, 0) is 10.3 Å². The van der Waals surface area contributed by atoms with Crippen LogP contribution in [0.15, 0.2) is 17.1 Å². The SMILES string of the molecule is Cc1ccc(O)c(C2(N=C=O)CCCC2)c1C. The lowest BCUT2D eigenvalue weighted by Crippen LogP contribution is -2.21. The van der Waals surface area contributed by atoms with Gasteiger partial charge in [-0.05, 0) is 43.9 Å². The van der Waals surface area contributed by atoms with Crippen molar-refractivity contribution < 1.29 is 9.90 Å². The van der Waals surface area contributed by atoms with Crippen molar-refractivity contribution in [2.75, 3.05) is 0 Å². The number of aliphatic imine (C=N–C) groups is 1. The number of isocyanates is 1. The molecule has 1 fully saturated rings. The third-order valence-corrected chi connectivity index (χ3v) is 3.87. The summed E-state index contributed by atoms with van der Waals surface area (Å²) in [5, 5.41) is 10.1. The van der Waals surface area contributed by atoms with E-state index >= 15 is 0 Å². The summed E-state index contributed by atoms with van der Waals surface area (Å²) in [4.78, 5) is 14.7. The van der Waals surface area contributed by atoms with Crippen LogP contribution in [0.1, 0.15) is 42.4 Å². The summed E-state index contributed by atoms with van der Waals surface area (Å²) in [6.07, 6.45) is 5.41. The zero-order chi connectivity index (χ0) is 12.5. The first kappa shape index (κ1) is 11.9. The van der Waals surface area contributed by atoms with Crippen molar-refractivity contribution in [2.24, 2.45) is 4.99 Å². The maximum Gasteiger partial charge on any atom is 0.235 e. The van der Waals surface area contributed by atoms with E-state index in [2.05, 4.69) is 4.99 Å². The Hall–Kier alpha value is -1.60. The lowest BCUT2D eigenvalue weighted by Gasteiger charge is -2.26. The van der Waals surface area contributed by atoms with Crippen LogP contribution in [0.3, 0.4) is 0 Å². The smallest absolute Gasteiger partial charge is 0.235 e. The van der Waals surface area contributed by atoms with Crippen LogP contribution in [-0.4, -0.2) is 11.2 Å². The third kappa shape index (κ3) is 1.87. The highest BCUT2D eigenvalue weighted by Gasteiger charge is 2.39. The number of aryl methyl sites for hydroxylation is 1. The molecule has 0 saturated heterocycles. The van der Waals surface area contributed by atoms with Crippen molar-refractivity contribution in [1.82, 2.24) is 0 Å². The van der Waals surface area contributed by atoms with E-state index in [1.165, 1.54) is 0 Å². The third-order valence-electron chi connectivity index (χ3n) is 3.87. The van der Waals surface area contributed by atoms with Crippen LogP contribution in [0.4, 0.5) is 0 Å². The Balaban J connectivity index is 2.65. The van der Waals surface area contributed by atoms with E-state index in [0.717, 1.165) is 42.4 Å². The highest BCUT2D eigenvalue weighted by Crippen LogP contribution is 2.47. The average molecular weight is 231 g/mol. The van der Waals surface area contributed by atoms with Crippen LogP contribution in [0.5, 0.6) is 5.75 Å². The van der Waals surface area contributed by atoms with Crippen molar-refractivity contribution in [3.05, 3.63) is 28.8 Å². The largest absolute Gasteiger partial charge is 0.508 e. The van der Waals surface area contributed by atoms with E-state index in [4.69, 9.17) is 0 Å². The van der Waals surface area contributed by atoms with E-state index in [-0.39, 0.29) is 5.75 Å². The summed E-state index contributed by atoms with van der Waals surface area (Å²) in [5.41, 5.74) is 2.43. The second kappa shape index (κ2) is 4.34. The molecule has 3 heteroatoms. The van der Waals surface area contributed by atoms with E-state index in [1.807, 2.05) is 19.9 Å². The molecule has 1 N–H and O–H groups in total. The molecule has 0 amide bonds. The lowest BCUT2D eigenvalue weighted by atomic mass is 9.83. The van der Waals surface area contributed by atoms with Gasteiger partial charge in [0.25, 0.3) is 0 Å². The van der Waals surface area contributed by atoms with Crippen LogP contribution in [0.25, 0.3) is 0 Å². The van der Waals surface area contributed by atoms with Gasteiger partial charge < -0.3 is 5.11 Å². The number of nitrogens with zero attached hydrogens (tertiary/aromatic N) is 1. The van der Waals surface area contributed by atoms with Gasteiger partial charge in [-0.1, -0.05) is 18.9 Å². The minimum atomic E-state index is -0.540. The highest BCUT2D eigenvalue weighted by atomic mass is 16.3. The van der Waals surface area contributed by atoms with Gasteiger partial charge in [-0.3, -0.25) is 0 Å². The molecule has 0 bridgehead atoms. The Morgan fingerprint density at radius 3 is 2.53 bits per heavy atom. The van der Waals surface area contributed by atoms with Gasteiger partial charge in [0.15, 0.2) is 0 Å². The quantitative estimate of drug-likeness (QED) is 0.628. The Kier molecular flexibility index (Phi) is 3.03. The van der Waals surface area contributed by atoms with E-state index in [9.17, 15) is 9.90 Å². The second-order valence-electron chi connectivity index (χ2n) is 4.84. The molecular weight excluding hydrogens is 214 g/mol. The Labute approximate surface area is 101 Å². The Bertz CT molecular complexity index is 481. The Morgan fingerprint density at radius 2 is 1.94 bits per heavy atom. The molecule has 1 aromatic rings. The van der Waals surface area contributed by atoms with Crippen molar-refractivity contribution in [3.8, 4) is 5.75 Å². The summed E-state index contributed by atoms with van der Waals surface area (Å²) < 4.78 is 0. The normalized spacial score (nSPS) is 17.8. The minimum Gasteiger partial charge on any atom is -0.508 e. The lowest BCUT2D eigenvalue weighted by molar-refractivity contribution is 0.406. The number of hydrogen-bond donors (Lipinski definition) is 1. The molecule has 3 nitrogen and oxygen atoms in total. The number of carbonyl (C=O) groups excluding carboxylic acids is 1. The van der Waals surface area contributed by atoms with E-state index in [1.54, 1.807) is 12.1 Å². The van der Waals surface area contributed by atoms with Gasteiger partial charge in [-0.25, -0.2) is 4.79 Å². The molecule has 0 radical (unpaired) electrons. The number of phenolic OH excluding ortho intramolecular Hbond substituents is 1. The van der Waals surface area contributed by atoms with Gasteiger partial charge in [0.05, 0.1) is 0 Å². The maximum atomic E-state index is 10.7. The molecular formula is C14H17NO2. The molecule has 2 rings (SSSR count). The van der Waals surface area contributed by atoms with E-state index in [0.29, 0.717) is 0 Å².